The quantitative estimate of drug-likeness (QED) is 0.789. The van der Waals surface area contributed by atoms with Gasteiger partial charge in [0.05, 0.1) is 18.1 Å². The van der Waals surface area contributed by atoms with E-state index in [1.807, 2.05) is 12.3 Å². The van der Waals surface area contributed by atoms with Gasteiger partial charge in [-0.2, -0.15) is 5.10 Å². The minimum atomic E-state index is 0.116. The van der Waals surface area contributed by atoms with Crippen molar-refractivity contribution in [2.45, 2.75) is 37.7 Å². The SMILES string of the molecule is c1nc(N2CCCC(Oc3ccc(C4CC4)cn3)C2)c2cn[nH]c2n1. The topological polar surface area (TPSA) is 79.8 Å². The summed E-state index contributed by atoms with van der Waals surface area (Å²) in [5.41, 5.74) is 2.10. The maximum atomic E-state index is 6.14. The molecule has 3 aromatic heterocycles. The minimum Gasteiger partial charge on any atom is -0.472 e. The summed E-state index contributed by atoms with van der Waals surface area (Å²) in [7, 11) is 0. The van der Waals surface area contributed by atoms with Gasteiger partial charge in [-0.15, -0.1) is 0 Å². The molecule has 7 nitrogen and oxygen atoms in total. The zero-order chi connectivity index (χ0) is 16.6. The van der Waals surface area contributed by atoms with Gasteiger partial charge in [0.25, 0.3) is 0 Å². The molecule has 2 fully saturated rings. The Morgan fingerprint density at radius 1 is 1.08 bits per heavy atom. The van der Waals surface area contributed by atoms with E-state index in [-0.39, 0.29) is 6.10 Å². The van der Waals surface area contributed by atoms with Crippen LogP contribution in [0.4, 0.5) is 5.82 Å². The van der Waals surface area contributed by atoms with Crippen LogP contribution in [0.3, 0.4) is 0 Å². The summed E-state index contributed by atoms with van der Waals surface area (Å²) in [6.45, 7) is 1.76. The summed E-state index contributed by atoms with van der Waals surface area (Å²) in [6, 6.07) is 4.16. The molecule has 1 aliphatic heterocycles. The molecule has 0 bridgehead atoms. The number of nitrogens with zero attached hydrogens (tertiary/aromatic N) is 5. The van der Waals surface area contributed by atoms with Gasteiger partial charge in [-0.05, 0) is 37.2 Å². The lowest BCUT2D eigenvalue weighted by Crippen LogP contribution is -2.41. The van der Waals surface area contributed by atoms with Gasteiger partial charge in [0, 0.05) is 18.8 Å². The van der Waals surface area contributed by atoms with Crippen LogP contribution in [-0.2, 0) is 0 Å². The Bertz CT molecular complexity index is 873. The standard InChI is InChI=1S/C18H20N6O/c1-2-14(25-16-6-5-13(8-19-16)12-3-4-12)10-24(7-1)18-15-9-22-23-17(15)20-11-21-18/h5-6,8-9,11-12,14H,1-4,7,10H2,(H,20,21,22,23). The van der Waals surface area contributed by atoms with Gasteiger partial charge in [-0.25, -0.2) is 15.0 Å². The fraction of sp³-hybridized carbons (Fsp3) is 0.444. The van der Waals surface area contributed by atoms with E-state index < -0.39 is 0 Å². The second-order valence-electron chi connectivity index (χ2n) is 6.86. The number of H-pyrrole nitrogens is 1. The molecular weight excluding hydrogens is 316 g/mol. The maximum absolute atomic E-state index is 6.14. The first-order valence-corrected chi connectivity index (χ1v) is 8.88. The van der Waals surface area contributed by atoms with Crippen LogP contribution in [0.5, 0.6) is 5.88 Å². The Morgan fingerprint density at radius 3 is 2.88 bits per heavy atom. The number of pyridine rings is 1. The summed E-state index contributed by atoms with van der Waals surface area (Å²) >= 11 is 0. The first kappa shape index (κ1) is 14.6. The molecule has 1 aliphatic carbocycles. The Morgan fingerprint density at radius 2 is 2.04 bits per heavy atom. The van der Waals surface area contributed by atoms with Gasteiger partial charge in [0.2, 0.25) is 5.88 Å². The molecule has 1 saturated carbocycles. The van der Waals surface area contributed by atoms with E-state index >= 15 is 0 Å². The summed E-state index contributed by atoms with van der Waals surface area (Å²) < 4.78 is 6.14. The van der Waals surface area contributed by atoms with Crippen molar-refractivity contribution in [1.82, 2.24) is 25.1 Å². The summed E-state index contributed by atoms with van der Waals surface area (Å²) in [6.07, 6.45) is 10.1. The molecule has 25 heavy (non-hydrogen) atoms. The fourth-order valence-electron chi connectivity index (χ4n) is 3.52. The molecule has 1 saturated heterocycles. The number of hydrogen-bond donors (Lipinski definition) is 1. The van der Waals surface area contributed by atoms with E-state index in [0.717, 1.165) is 48.7 Å². The van der Waals surface area contributed by atoms with Crippen molar-refractivity contribution in [2.24, 2.45) is 0 Å². The number of hydrogen-bond acceptors (Lipinski definition) is 6. The highest BCUT2D eigenvalue weighted by Gasteiger charge is 2.26. The second kappa shape index (κ2) is 5.98. The van der Waals surface area contributed by atoms with Crippen LogP contribution < -0.4 is 9.64 Å². The third-order valence-electron chi connectivity index (χ3n) is 5.00. The van der Waals surface area contributed by atoms with Crippen molar-refractivity contribution in [3.8, 4) is 5.88 Å². The molecule has 1 unspecified atom stereocenters. The lowest BCUT2D eigenvalue weighted by Gasteiger charge is -2.33. The van der Waals surface area contributed by atoms with E-state index in [4.69, 9.17) is 4.74 Å². The minimum absolute atomic E-state index is 0.116. The van der Waals surface area contributed by atoms with Gasteiger partial charge < -0.3 is 9.64 Å². The molecule has 0 aromatic carbocycles. The Kier molecular flexibility index (Phi) is 3.50. The fourth-order valence-corrected chi connectivity index (χ4v) is 3.52. The van der Waals surface area contributed by atoms with Crippen molar-refractivity contribution in [3.63, 3.8) is 0 Å². The first-order chi connectivity index (χ1) is 12.4. The highest BCUT2D eigenvalue weighted by atomic mass is 16.5. The van der Waals surface area contributed by atoms with Crippen molar-refractivity contribution >= 4 is 16.9 Å². The lowest BCUT2D eigenvalue weighted by molar-refractivity contribution is 0.172. The molecule has 2 aliphatic rings. The van der Waals surface area contributed by atoms with E-state index in [0.29, 0.717) is 5.88 Å². The van der Waals surface area contributed by atoms with Crippen molar-refractivity contribution < 1.29 is 4.74 Å². The van der Waals surface area contributed by atoms with Crippen LogP contribution in [0.1, 0.15) is 37.2 Å². The highest BCUT2D eigenvalue weighted by Crippen LogP contribution is 2.39. The highest BCUT2D eigenvalue weighted by molar-refractivity contribution is 5.86. The number of ether oxygens (including phenoxy) is 1. The predicted octanol–water partition coefficient (Wildman–Crippen LogP) is 2.67. The van der Waals surface area contributed by atoms with Gasteiger partial charge in [0.1, 0.15) is 18.2 Å². The van der Waals surface area contributed by atoms with Crippen LogP contribution in [0.25, 0.3) is 11.0 Å². The molecule has 1 atom stereocenters. The number of rotatable bonds is 4. The molecule has 128 valence electrons. The normalized spacial score (nSPS) is 20.8. The monoisotopic (exact) mass is 336 g/mol. The second-order valence-corrected chi connectivity index (χ2v) is 6.86. The summed E-state index contributed by atoms with van der Waals surface area (Å²) in [5.74, 6) is 2.36. The first-order valence-electron chi connectivity index (χ1n) is 8.88. The zero-order valence-corrected chi connectivity index (χ0v) is 13.9. The zero-order valence-electron chi connectivity index (χ0n) is 13.9. The van der Waals surface area contributed by atoms with E-state index in [1.54, 1.807) is 12.5 Å². The van der Waals surface area contributed by atoms with Crippen molar-refractivity contribution in [2.75, 3.05) is 18.0 Å². The largest absolute Gasteiger partial charge is 0.472 e. The Labute approximate surface area is 145 Å². The van der Waals surface area contributed by atoms with Gasteiger partial charge in [-0.1, -0.05) is 6.07 Å². The summed E-state index contributed by atoms with van der Waals surface area (Å²) in [5, 5.41) is 7.93. The van der Waals surface area contributed by atoms with Crippen LogP contribution in [0.15, 0.2) is 30.9 Å². The third kappa shape index (κ3) is 2.90. The Balaban J connectivity index is 1.31. The molecule has 5 rings (SSSR count). The number of nitrogens with one attached hydrogen (secondary N) is 1. The number of fused-ring (bicyclic) bond motifs is 1. The number of aromatic amines is 1. The Hall–Kier alpha value is -2.70. The molecule has 0 spiro atoms. The van der Waals surface area contributed by atoms with Crippen molar-refractivity contribution in [3.05, 3.63) is 36.4 Å². The van der Waals surface area contributed by atoms with Gasteiger partial charge in [-0.3, -0.25) is 5.10 Å². The lowest BCUT2D eigenvalue weighted by atomic mass is 10.1. The number of anilines is 1. The average Bonchev–Trinajstić information content (AvgIpc) is 3.39. The van der Waals surface area contributed by atoms with Crippen LogP contribution in [0, 0.1) is 0 Å². The number of piperidine rings is 1. The van der Waals surface area contributed by atoms with Gasteiger partial charge >= 0.3 is 0 Å². The molecular formula is C18H20N6O. The maximum Gasteiger partial charge on any atom is 0.213 e. The van der Waals surface area contributed by atoms with Crippen molar-refractivity contribution in [1.29, 1.82) is 0 Å². The smallest absolute Gasteiger partial charge is 0.213 e. The van der Waals surface area contributed by atoms with E-state index in [9.17, 15) is 0 Å². The molecule has 3 aromatic rings. The molecule has 7 heteroatoms. The van der Waals surface area contributed by atoms with E-state index in [2.05, 4.69) is 36.1 Å². The number of aromatic nitrogens is 5. The van der Waals surface area contributed by atoms with Gasteiger partial charge in [0.15, 0.2) is 5.65 Å². The van der Waals surface area contributed by atoms with E-state index in [1.165, 1.54) is 18.4 Å². The molecule has 0 radical (unpaired) electrons. The van der Waals surface area contributed by atoms with Crippen LogP contribution in [0.2, 0.25) is 0 Å². The molecule has 0 amide bonds. The van der Waals surface area contributed by atoms with Crippen LogP contribution in [-0.4, -0.2) is 44.3 Å². The molecule has 4 heterocycles. The average molecular weight is 336 g/mol. The predicted molar refractivity (Wildman–Crippen MR) is 93.8 cm³/mol. The molecule has 1 N–H and O–H groups in total. The van der Waals surface area contributed by atoms with Crippen LogP contribution >= 0.6 is 0 Å². The summed E-state index contributed by atoms with van der Waals surface area (Å²) in [4.78, 5) is 15.4. The third-order valence-corrected chi connectivity index (χ3v) is 5.00.